The highest BCUT2D eigenvalue weighted by Crippen LogP contribution is 2.28. The second kappa shape index (κ2) is 7.22. The van der Waals surface area contributed by atoms with E-state index in [2.05, 4.69) is 10.3 Å². The number of nitrogens with one attached hydrogen (secondary N) is 1. The Kier molecular flexibility index (Phi) is 5.17. The van der Waals surface area contributed by atoms with Crippen LogP contribution in [0, 0.1) is 6.92 Å². The monoisotopic (exact) mass is 409 g/mol. The van der Waals surface area contributed by atoms with Crippen LogP contribution >= 0.6 is 22.9 Å². The number of thiazole rings is 1. The van der Waals surface area contributed by atoms with Crippen molar-refractivity contribution in [2.45, 2.75) is 6.92 Å². The molecule has 0 fully saturated rings. The highest BCUT2D eigenvalue weighted by atomic mass is 35.5. The molecule has 1 aromatic heterocycles. The van der Waals surface area contributed by atoms with Gasteiger partial charge in [-0.25, -0.2) is 13.4 Å². The summed E-state index contributed by atoms with van der Waals surface area (Å²) >= 11 is 7.23. The number of aromatic nitrogens is 1. The number of rotatable bonds is 5. The summed E-state index contributed by atoms with van der Waals surface area (Å²) in [7, 11) is -3.62. The Labute approximate surface area is 160 Å². The van der Waals surface area contributed by atoms with E-state index in [-0.39, 0.29) is 6.54 Å². The number of carbonyl (C=O) groups is 1. The maximum atomic E-state index is 12.4. The van der Waals surface area contributed by atoms with E-state index in [1.165, 1.54) is 11.3 Å². The number of fused-ring (bicyclic) bond motifs is 1. The Hall–Kier alpha value is -2.16. The molecule has 0 saturated carbocycles. The number of halogens is 1. The van der Waals surface area contributed by atoms with Gasteiger partial charge in [0.15, 0.2) is 5.13 Å². The minimum Gasteiger partial charge on any atom is -0.300 e. The predicted molar refractivity (Wildman–Crippen MR) is 107 cm³/mol. The van der Waals surface area contributed by atoms with Crippen molar-refractivity contribution in [3.8, 4) is 0 Å². The van der Waals surface area contributed by atoms with Gasteiger partial charge in [0.1, 0.15) is 6.54 Å². The molecule has 136 valence electrons. The predicted octanol–water partition coefficient (Wildman–Crippen LogP) is 3.66. The van der Waals surface area contributed by atoms with Gasteiger partial charge >= 0.3 is 0 Å². The summed E-state index contributed by atoms with van der Waals surface area (Å²) in [5.74, 6) is -0.469. The van der Waals surface area contributed by atoms with Gasteiger partial charge in [-0.1, -0.05) is 41.1 Å². The molecule has 1 heterocycles. The van der Waals surface area contributed by atoms with E-state index in [0.717, 1.165) is 20.8 Å². The van der Waals surface area contributed by atoms with Gasteiger partial charge in [-0.15, -0.1) is 0 Å². The molecule has 6 nitrogen and oxygen atoms in total. The number of nitrogens with zero attached hydrogens (tertiary/aromatic N) is 2. The molecule has 0 spiro atoms. The maximum Gasteiger partial charge on any atom is 0.246 e. The molecule has 1 amide bonds. The summed E-state index contributed by atoms with van der Waals surface area (Å²) in [4.78, 5) is 16.7. The van der Waals surface area contributed by atoms with Gasteiger partial charge < -0.3 is 5.32 Å². The molecule has 0 aliphatic rings. The van der Waals surface area contributed by atoms with Crippen molar-refractivity contribution in [3.63, 3.8) is 0 Å². The lowest BCUT2D eigenvalue weighted by Crippen LogP contribution is -2.37. The standard InChI is InChI=1S/C17H16ClN3O3S2/c1-11-5-3-4-6-14(11)21(26(2,23)24)10-16(22)20-17-19-13-8-7-12(18)9-15(13)25-17/h3-9H,10H2,1-2H3,(H,19,20,22). The van der Waals surface area contributed by atoms with Gasteiger partial charge in [0, 0.05) is 5.02 Å². The zero-order valence-electron chi connectivity index (χ0n) is 14.1. The molecule has 3 rings (SSSR count). The number of carbonyl (C=O) groups excluding carboxylic acids is 1. The van der Waals surface area contributed by atoms with Crippen LogP contribution in [0.4, 0.5) is 10.8 Å². The van der Waals surface area contributed by atoms with Crippen LogP contribution in [-0.4, -0.2) is 32.1 Å². The Balaban J connectivity index is 1.82. The molecule has 0 radical (unpaired) electrons. The number of amides is 1. The second-order valence-corrected chi connectivity index (χ2v) is 9.11. The Morgan fingerprint density at radius 2 is 2.00 bits per heavy atom. The van der Waals surface area contributed by atoms with Crippen LogP contribution in [-0.2, 0) is 14.8 Å². The van der Waals surface area contributed by atoms with E-state index in [9.17, 15) is 13.2 Å². The van der Waals surface area contributed by atoms with E-state index in [1.807, 2.05) is 6.07 Å². The van der Waals surface area contributed by atoms with Gasteiger partial charge in [0.05, 0.1) is 22.2 Å². The van der Waals surface area contributed by atoms with Crippen molar-refractivity contribution < 1.29 is 13.2 Å². The van der Waals surface area contributed by atoms with Gasteiger partial charge in [-0.05, 0) is 36.8 Å². The molecule has 0 aliphatic carbocycles. The van der Waals surface area contributed by atoms with Crippen LogP contribution in [0.1, 0.15) is 5.56 Å². The SMILES string of the molecule is Cc1ccccc1N(CC(=O)Nc1nc2ccc(Cl)cc2s1)S(C)(=O)=O. The number of anilines is 2. The number of benzene rings is 2. The molecular formula is C17H16ClN3O3S2. The van der Waals surface area contributed by atoms with Crippen molar-refractivity contribution in [2.24, 2.45) is 0 Å². The molecule has 2 aromatic carbocycles. The van der Waals surface area contributed by atoms with Gasteiger partial charge in [0.25, 0.3) is 0 Å². The lowest BCUT2D eigenvalue weighted by molar-refractivity contribution is -0.114. The average molecular weight is 410 g/mol. The minimum absolute atomic E-state index is 0.333. The van der Waals surface area contributed by atoms with Crippen LogP contribution in [0.2, 0.25) is 5.02 Å². The van der Waals surface area contributed by atoms with Crippen molar-refractivity contribution >= 4 is 59.9 Å². The number of hydrogen-bond donors (Lipinski definition) is 1. The van der Waals surface area contributed by atoms with Crippen LogP contribution < -0.4 is 9.62 Å². The van der Waals surface area contributed by atoms with Crippen LogP contribution in [0.5, 0.6) is 0 Å². The molecule has 1 N–H and O–H groups in total. The zero-order valence-corrected chi connectivity index (χ0v) is 16.5. The second-order valence-electron chi connectivity index (χ2n) is 5.74. The molecule has 0 unspecified atom stereocenters. The van der Waals surface area contributed by atoms with Crippen molar-refractivity contribution in [3.05, 3.63) is 53.1 Å². The first-order chi connectivity index (χ1) is 12.2. The fraction of sp³-hybridized carbons (Fsp3) is 0.176. The number of hydrogen-bond acceptors (Lipinski definition) is 5. The summed E-state index contributed by atoms with van der Waals surface area (Å²) in [6, 6.07) is 12.3. The third-order valence-electron chi connectivity index (χ3n) is 3.67. The first kappa shape index (κ1) is 18.6. The fourth-order valence-electron chi connectivity index (χ4n) is 2.47. The smallest absolute Gasteiger partial charge is 0.246 e. The van der Waals surface area contributed by atoms with Crippen LogP contribution in [0.25, 0.3) is 10.2 Å². The average Bonchev–Trinajstić information content (AvgIpc) is 2.93. The zero-order chi connectivity index (χ0) is 18.9. The Morgan fingerprint density at radius 3 is 2.69 bits per heavy atom. The van der Waals surface area contributed by atoms with E-state index >= 15 is 0 Å². The maximum absolute atomic E-state index is 12.4. The van der Waals surface area contributed by atoms with Gasteiger partial charge in [-0.2, -0.15) is 0 Å². The molecule has 9 heteroatoms. The third kappa shape index (κ3) is 4.14. The Bertz CT molecular complexity index is 1080. The first-order valence-corrected chi connectivity index (χ1v) is 10.7. The largest absolute Gasteiger partial charge is 0.300 e. The van der Waals surface area contributed by atoms with E-state index in [4.69, 9.17) is 11.6 Å². The summed E-state index contributed by atoms with van der Waals surface area (Å²) in [5.41, 5.74) is 1.95. The summed E-state index contributed by atoms with van der Waals surface area (Å²) < 4.78 is 26.3. The van der Waals surface area contributed by atoms with Crippen LogP contribution in [0.15, 0.2) is 42.5 Å². The highest BCUT2D eigenvalue weighted by molar-refractivity contribution is 7.92. The number of sulfonamides is 1. The summed E-state index contributed by atoms with van der Waals surface area (Å²) in [5, 5.41) is 3.64. The van der Waals surface area contributed by atoms with Gasteiger partial charge in [0.2, 0.25) is 15.9 Å². The molecule has 26 heavy (non-hydrogen) atoms. The first-order valence-electron chi connectivity index (χ1n) is 7.63. The third-order valence-corrected chi connectivity index (χ3v) is 5.96. The molecule has 0 atom stereocenters. The normalized spacial score (nSPS) is 11.5. The fourth-order valence-corrected chi connectivity index (χ4v) is 4.54. The lowest BCUT2D eigenvalue weighted by atomic mass is 10.2. The number of aryl methyl sites for hydroxylation is 1. The van der Waals surface area contributed by atoms with Crippen molar-refractivity contribution in [2.75, 3.05) is 22.4 Å². The highest BCUT2D eigenvalue weighted by Gasteiger charge is 2.22. The minimum atomic E-state index is -3.62. The van der Waals surface area contributed by atoms with Crippen molar-refractivity contribution in [1.82, 2.24) is 4.98 Å². The summed E-state index contributed by atoms with van der Waals surface area (Å²) in [6.07, 6.45) is 1.08. The lowest BCUT2D eigenvalue weighted by Gasteiger charge is -2.23. The van der Waals surface area contributed by atoms with Crippen LogP contribution in [0.3, 0.4) is 0 Å². The Morgan fingerprint density at radius 1 is 1.27 bits per heavy atom. The van der Waals surface area contributed by atoms with E-state index in [0.29, 0.717) is 21.4 Å². The van der Waals surface area contributed by atoms with E-state index in [1.54, 1.807) is 43.3 Å². The van der Waals surface area contributed by atoms with Gasteiger partial charge in [-0.3, -0.25) is 9.10 Å². The molecule has 3 aromatic rings. The van der Waals surface area contributed by atoms with E-state index < -0.39 is 15.9 Å². The molecular weight excluding hydrogens is 394 g/mol. The summed E-state index contributed by atoms with van der Waals surface area (Å²) in [6.45, 7) is 1.46. The molecule has 0 bridgehead atoms. The molecule has 0 saturated heterocycles. The van der Waals surface area contributed by atoms with Crippen molar-refractivity contribution in [1.29, 1.82) is 0 Å². The quantitative estimate of drug-likeness (QED) is 0.697. The molecule has 0 aliphatic heterocycles. The number of para-hydroxylation sites is 1. The topological polar surface area (TPSA) is 79.4 Å².